The van der Waals surface area contributed by atoms with Crippen LogP contribution in [0.5, 0.6) is 0 Å². The summed E-state index contributed by atoms with van der Waals surface area (Å²) in [5, 5.41) is 0. The topological polar surface area (TPSA) is 48.1 Å². The Hall–Kier alpha value is -1.42. The summed E-state index contributed by atoms with van der Waals surface area (Å²) in [6, 6.07) is 2.69. The second-order valence-corrected chi connectivity index (χ2v) is 3.55. The number of ether oxygens (including phenoxy) is 1. The molecule has 2 heterocycles. The smallest absolute Gasteiger partial charge is 0.141 e. The number of nitrogens with two attached hydrogens (primary N) is 1. The molecule has 0 aromatic carbocycles. The van der Waals surface area contributed by atoms with Crippen molar-refractivity contribution < 1.29 is 9.13 Å². The first-order chi connectivity index (χ1) is 7.27. The number of hydrogen-bond donors (Lipinski definition) is 1. The summed E-state index contributed by atoms with van der Waals surface area (Å²) in [5.41, 5.74) is 7.67. The molecule has 1 aromatic rings. The molecule has 0 amide bonds. The van der Waals surface area contributed by atoms with Gasteiger partial charge in [0.1, 0.15) is 5.82 Å². The third-order valence-electron chi connectivity index (χ3n) is 2.43. The fourth-order valence-corrected chi connectivity index (χ4v) is 1.57. The van der Waals surface area contributed by atoms with Crippen LogP contribution in [0.1, 0.15) is 24.6 Å². The van der Waals surface area contributed by atoms with Crippen LogP contribution in [-0.4, -0.2) is 11.6 Å². The van der Waals surface area contributed by atoms with Gasteiger partial charge in [-0.1, -0.05) is 0 Å². The molecule has 0 bridgehead atoms. The number of halogens is 1. The third-order valence-corrected chi connectivity index (χ3v) is 2.43. The maximum atomic E-state index is 12.6. The maximum Gasteiger partial charge on any atom is 0.141 e. The van der Waals surface area contributed by atoms with Crippen LogP contribution in [0.4, 0.5) is 4.39 Å². The van der Waals surface area contributed by atoms with Crippen LogP contribution in [0.2, 0.25) is 0 Å². The Labute approximate surface area is 87.8 Å². The Morgan fingerprint density at radius 1 is 1.47 bits per heavy atom. The molecule has 1 aromatic heterocycles. The quantitative estimate of drug-likeness (QED) is 0.807. The average molecular weight is 208 g/mol. The molecule has 3 nitrogen and oxygen atoms in total. The zero-order valence-electron chi connectivity index (χ0n) is 8.32. The standard InChI is InChI=1S/C11H13FN2O/c12-9-3-4-10(14-6-9)11(13)8-2-1-5-15-7-8/h3-4,6-7,11H,1-2,5,13H2. The first-order valence-electron chi connectivity index (χ1n) is 4.95. The van der Waals surface area contributed by atoms with Crippen LogP contribution in [-0.2, 0) is 4.74 Å². The number of pyridine rings is 1. The van der Waals surface area contributed by atoms with Gasteiger partial charge in [-0.25, -0.2) is 4.39 Å². The number of nitrogens with zero attached hydrogens (tertiary/aromatic N) is 1. The molecule has 0 saturated heterocycles. The molecule has 15 heavy (non-hydrogen) atoms. The van der Waals surface area contributed by atoms with Crippen LogP contribution in [0, 0.1) is 5.82 Å². The lowest BCUT2D eigenvalue weighted by molar-refractivity contribution is 0.221. The Morgan fingerprint density at radius 2 is 2.33 bits per heavy atom. The molecule has 1 unspecified atom stereocenters. The van der Waals surface area contributed by atoms with Crippen LogP contribution < -0.4 is 5.73 Å². The Kier molecular flexibility index (Phi) is 2.97. The van der Waals surface area contributed by atoms with Gasteiger partial charge in [-0.15, -0.1) is 0 Å². The summed E-state index contributed by atoms with van der Waals surface area (Å²) >= 11 is 0. The lowest BCUT2D eigenvalue weighted by Gasteiger charge is -2.19. The van der Waals surface area contributed by atoms with E-state index in [0.29, 0.717) is 5.69 Å². The van der Waals surface area contributed by atoms with Gasteiger partial charge in [-0.05, 0) is 30.5 Å². The highest BCUT2D eigenvalue weighted by molar-refractivity contribution is 5.21. The minimum atomic E-state index is -0.347. The fraction of sp³-hybridized carbons (Fsp3) is 0.364. The van der Waals surface area contributed by atoms with E-state index in [1.807, 2.05) is 0 Å². The molecule has 0 spiro atoms. The summed E-state index contributed by atoms with van der Waals surface area (Å²) in [4.78, 5) is 3.96. The van der Waals surface area contributed by atoms with Crippen LogP contribution in [0.25, 0.3) is 0 Å². The zero-order valence-corrected chi connectivity index (χ0v) is 8.32. The molecule has 2 N–H and O–H groups in total. The van der Waals surface area contributed by atoms with Crippen molar-refractivity contribution in [1.29, 1.82) is 0 Å². The van der Waals surface area contributed by atoms with Crippen molar-refractivity contribution in [2.45, 2.75) is 18.9 Å². The zero-order chi connectivity index (χ0) is 10.7. The van der Waals surface area contributed by atoms with Gasteiger partial charge in [-0.2, -0.15) is 0 Å². The van der Waals surface area contributed by atoms with Crippen molar-refractivity contribution in [3.05, 3.63) is 41.7 Å². The van der Waals surface area contributed by atoms with Crippen molar-refractivity contribution in [2.24, 2.45) is 5.73 Å². The number of aromatic nitrogens is 1. The molecule has 4 heteroatoms. The molecule has 1 atom stereocenters. The molecule has 80 valence electrons. The van der Waals surface area contributed by atoms with Crippen molar-refractivity contribution >= 4 is 0 Å². The van der Waals surface area contributed by atoms with Gasteiger partial charge < -0.3 is 10.5 Å². The van der Waals surface area contributed by atoms with E-state index in [1.54, 1.807) is 12.3 Å². The lowest BCUT2D eigenvalue weighted by Crippen LogP contribution is -2.17. The maximum absolute atomic E-state index is 12.6. The van der Waals surface area contributed by atoms with E-state index >= 15 is 0 Å². The van der Waals surface area contributed by atoms with Gasteiger partial charge in [0.2, 0.25) is 0 Å². The molecule has 0 fully saturated rings. The van der Waals surface area contributed by atoms with Crippen molar-refractivity contribution in [2.75, 3.05) is 6.61 Å². The van der Waals surface area contributed by atoms with E-state index in [2.05, 4.69) is 4.98 Å². The van der Waals surface area contributed by atoms with E-state index in [0.717, 1.165) is 25.0 Å². The van der Waals surface area contributed by atoms with E-state index in [4.69, 9.17) is 10.5 Å². The second-order valence-electron chi connectivity index (χ2n) is 3.55. The lowest BCUT2D eigenvalue weighted by atomic mass is 10.00. The molecule has 0 aliphatic carbocycles. The highest BCUT2D eigenvalue weighted by Crippen LogP contribution is 2.24. The summed E-state index contributed by atoms with van der Waals surface area (Å²) in [5.74, 6) is -0.347. The van der Waals surface area contributed by atoms with Crippen molar-refractivity contribution in [1.82, 2.24) is 4.98 Å². The Morgan fingerprint density at radius 3 is 2.93 bits per heavy atom. The highest BCUT2D eigenvalue weighted by atomic mass is 19.1. The Balaban J connectivity index is 2.16. The third kappa shape index (κ3) is 2.33. The number of hydrogen-bond acceptors (Lipinski definition) is 3. The van der Waals surface area contributed by atoms with E-state index in [9.17, 15) is 4.39 Å². The number of rotatable bonds is 2. The van der Waals surface area contributed by atoms with Crippen LogP contribution >= 0.6 is 0 Å². The van der Waals surface area contributed by atoms with Gasteiger partial charge in [0.25, 0.3) is 0 Å². The summed E-state index contributed by atoms with van der Waals surface area (Å²) in [6.45, 7) is 0.743. The summed E-state index contributed by atoms with van der Waals surface area (Å²) < 4.78 is 17.9. The molecule has 1 aliphatic rings. The van der Waals surface area contributed by atoms with Gasteiger partial charge >= 0.3 is 0 Å². The molecule has 0 saturated carbocycles. The Bertz CT molecular complexity index is 361. The second kappa shape index (κ2) is 4.40. The predicted octanol–water partition coefficient (Wildman–Crippen LogP) is 1.91. The van der Waals surface area contributed by atoms with E-state index in [-0.39, 0.29) is 11.9 Å². The molecule has 0 radical (unpaired) electrons. The van der Waals surface area contributed by atoms with Crippen molar-refractivity contribution in [3.63, 3.8) is 0 Å². The van der Waals surface area contributed by atoms with Gasteiger partial charge in [0.05, 0.1) is 30.8 Å². The van der Waals surface area contributed by atoms with Crippen molar-refractivity contribution in [3.8, 4) is 0 Å². The van der Waals surface area contributed by atoms with E-state index < -0.39 is 0 Å². The van der Waals surface area contributed by atoms with Gasteiger partial charge in [0.15, 0.2) is 0 Å². The largest absolute Gasteiger partial charge is 0.501 e. The molecular formula is C11H13FN2O. The minimum Gasteiger partial charge on any atom is -0.501 e. The van der Waals surface area contributed by atoms with Gasteiger partial charge in [-0.3, -0.25) is 4.98 Å². The summed E-state index contributed by atoms with van der Waals surface area (Å²) in [7, 11) is 0. The fourth-order valence-electron chi connectivity index (χ4n) is 1.57. The van der Waals surface area contributed by atoms with Crippen LogP contribution in [0.15, 0.2) is 30.2 Å². The highest BCUT2D eigenvalue weighted by Gasteiger charge is 2.15. The monoisotopic (exact) mass is 208 g/mol. The molecule has 2 rings (SSSR count). The first-order valence-corrected chi connectivity index (χ1v) is 4.95. The molecule has 1 aliphatic heterocycles. The SMILES string of the molecule is NC(C1=COCCC1)c1ccc(F)cn1. The van der Waals surface area contributed by atoms with Crippen LogP contribution in [0.3, 0.4) is 0 Å². The predicted molar refractivity (Wildman–Crippen MR) is 54.4 cm³/mol. The molecular weight excluding hydrogens is 195 g/mol. The normalized spacial score (nSPS) is 17.9. The van der Waals surface area contributed by atoms with Gasteiger partial charge in [0, 0.05) is 0 Å². The first kappa shape index (κ1) is 10.1. The van der Waals surface area contributed by atoms with E-state index in [1.165, 1.54) is 12.3 Å². The minimum absolute atomic E-state index is 0.286. The summed E-state index contributed by atoms with van der Waals surface area (Å²) in [6.07, 6.45) is 4.76. The average Bonchev–Trinajstić information content (AvgIpc) is 2.30.